The highest BCUT2D eigenvalue weighted by molar-refractivity contribution is 8.18. The summed E-state index contributed by atoms with van der Waals surface area (Å²) in [6, 6.07) is 0. The SMILES string of the molecule is C1=C(/S2=C/CCCCCCCCCCC2)CCCCCCCCCCC/1. The summed E-state index contributed by atoms with van der Waals surface area (Å²) >= 11 is 0. The summed E-state index contributed by atoms with van der Waals surface area (Å²) in [5.41, 5.74) is 0. The third kappa shape index (κ3) is 11.0. The fourth-order valence-electron chi connectivity index (χ4n) is 4.47. The Bertz CT molecular complexity index is 355. The summed E-state index contributed by atoms with van der Waals surface area (Å²) in [7, 11) is 0.492. The molecule has 0 amide bonds. The maximum absolute atomic E-state index is 2.77. The first-order chi connectivity index (χ1) is 13.0. The van der Waals surface area contributed by atoms with Gasteiger partial charge in [-0.1, -0.05) is 101 Å². The van der Waals surface area contributed by atoms with Gasteiger partial charge >= 0.3 is 0 Å². The third-order valence-electron chi connectivity index (χ3n) is 6.22. The van der Waals surface area contributed by atoms with E-state index in [1.165, 1.54) is 141 Å². The Morgan fingerprint density at radius 2 is 0.923 bits per heavy atom. The van der Waals surface area contributed by atoms with E-state index in [-0.39, 0.29) is 0 Å². The molecule has 0 saturated carbocycles. The van der Waals surface area contributed by atoms with E-state index in [1.807, 2.05) is 4.91 Å². The van der Waals surface area contributed by atoms with Crippen LogP contribution in [0.15, 0.2) is 11.0 Å². The van der Waals surface area contributed by atoms with Crippen molar-refractivity contribution in [2.45, 2.75) is 135 Å². The predicted octanol–water partition coefficient (Wildman–Crippen LogP) is 9.16. The van der Waals surface area contributed by atoms with Crippen molar-refractivity contribution in [2.75, 3.05) is 5.75 Å². The molecule has 0 radical (unpaired) electrons. The van der Waals surface area contributed by atoms with E-state index in [0.717, 1.165) is 0 Å². The highest BCUT2D eigenvalue weighted by Gasteiger charge is 2.06. The van der Waals surface area contributed by atoms with Gasteiger partial charge in [0.05, 0.1) is 0 Å². The largest absolute Gasteiger partial charge is 0.163 e. The molecule has 0 bridgehead atoms. The molecule has 0 nitrogen and oxygen atoms in total. The van der Waals surface area contributed by atoms with E-state index in [0.29, 0.717) is 10.5 Å². The number of hydrogen-bond donors (Lipinski definition) is 0. The smallest absolute Gasteiger partial charge is 0.00795 e. The number of hydrogen-bond acceptors (Lipinski definition) is 0. The molecule has 152 valence electrons. The Hall–Kier alpha value is -0.0400. The van der Waals surface area contributed by atoms with Crippen LogP contribution < -0.4 is 0 Å². The van der Waals surface area contributed by atoms with Gasteiger partial charge in [0.25, 0.3) is 0 Å². The Labute approximate surface area is 167 Å². The molecule has 1 heterocycles. The summed E-state index contributed by atoms with van der Waals surface area (Å²) in [4.78, 5) is 1.86. The van der Waals surface area contributed by atoms with Crippen molar-refractivity contribution in [1.29, 1.82) is 0 Å². The first-order valence-electron chi connectivity index (χ1n) is 12.2. The van der Waals surface area contributed by atoms with E-state index in [1.54, 1.807) is 0 Å². The van der Waals surface area contributed by atoms with Gasteiger partial charge in [-0.2, -0.15) is 10.5 Å². The average Bonchev–Trinajstić information content (AvgIpc) is 2.70. The van der Waals surface area contributed by atoms with Gasteiger partial charge in [0.2, 0.25) is 0 Å². The molecule has 2 aliphatic rings. The molecule has 0 N–H and O–H groups in total. The van der Waals surface area contributed by atoms with Crippen molar-refractivity contribution in [2.24, 2.45) is 0 Å². The fraction of sp³-hybridized carbons (Fsp3) is 0.880. The maximum atomic E-state index is 2.77. The second-order valence-electron chi connectivity index (χ2n) is 8.66. The highest BCUT2D eigenvalue weighted by Crippen LogP contribution is 2.33. The van der Waals surface area contributed by atoms with E-state index in [9.17, 15) is 0 Å². The van der Waals surface area contributed by atoms with E-state index < -0.39 is 0 Å². The van der Waals surface area contributed by atoms with Gasteiger partial charge in [0.1, 0.15) is 0 Å². The Morgan fingerprint density at radius 3 is 1.54 bits per heavy atom. The van der Waals surface area contributed by atoms with E-state index >= 15 is 0 Å². The molecular formula is C25H46S. The van der Waals surface area contributed by atoms with Crippen LogP contribution >= 0.6 is 10.5 Å². The van der Waals surface area contributed by atoms with Crippen molar-refractivity contribution in [3.05, 3.63) is 11.0 Å². The van der Waals surface area contributed by atoms with Crippen LogP contribution in [0.5, 0.6) is 0 Å². The van der Waals surface area contributed by atoms with Gasteiger partial charge in [-0.25, -0.2) is 0 Å². The molecule has 0 aromatic carbocycles. The Morgan fingerprint density at radius 1 is 0.462 bits per heavy atom. The average molecular weight is 379 g/mol. The molecule has 1 atom stereocenters. The van der Waals surface area contributed by atoms with Gasteiger partial charge in [-0.15, -0.1) is 0 Å². The van der Waals surface area contributed by atoms with Gasteiger partial charge in [0, 0.05) is 0 Å². The first kappa shape index (κ1) is 22.3. The lowest BCUT2D eigenvalue weighted by atomic mass is 10.1. The lowest BCUT2D eigenvalue weighted by Crippen LogP contribution is -1.93. The zero-order valence-corrected chi connectivity index (χ0v) is 18.4. The molecule has 0 spiro atoms. The molecular weight excluding hydrogens is 332 g/mol. The van der Waals surface area contributed by atoms with Crippen LogP contribution in [-0.2, 0) is 0 Å². The second-order valence-corrected chi connectivity index (χ2v) is 10.8. The van der Waals surface area contributed by atoms with Crippen LogP contribution in [0.25, 0.3) is 0 Å². The molecule has 26 heavy (non-hydrogen) atoms. The van der Waals surface area contributed by atoms with Crippen LogP contribution in [0.2, 0.25) is 0 Å². The van der Waals surface area contributed by atoms with Crippen molar-refractivity contribution in [3.8, 4) is 0 Å². The molecule has 0 saturated heterocycles. The van der Waals surface area contributed by atoms with Crippen LogP contribution in [0, 0.1) is 0 Å². The minimum atomic E-state index is 0.492. The fourth-order valence-corrected chi connectivity index (χ4v) is 6.82. The molecule has 0 fully saturated rings. The molecule has 1 unspecified atom stereocenters. The molecule has 1 aliphatic carbocycles. The van der Waals surface area contributed by atoms with Crippen molar-refractivity contribution in [3.63, 3.8) is 0 Å². The van der Waals surface area contributed by atoms with Crippen molar-refractivity contribution in [1.82, 2.24) is 0 Å². The van der Waals surface area contributed by atoms with Gasteiger partial charge in [-0.05, 0) is 55.6 Å². The zero-order chi connectivity index (χ0) is 18.1. The maximum Gasteiger partial charge on any atom is -0.00795 e. The number of allylic oxidation sites excluding steroid dienone is 2. The molecule has 0 aromatic heterocycles. The standard InChI is InChI=1S/C25H46S/c1-2-6-10-14-18-22-25(21-17-13-9-5-1)26-23-19-15-11-7-3-4-8-12-16-20-24-26/h21,23H,1-20,22,24H2/b25-21+. The van der Waals surface area contributed by atoms with Crippen molar-refractivity contribution < 1.29 is 0 Å². The van der Waals surface area contributed by atoms with Crippen molar-refractivity contribution >= 4 is 15.9 Å². The first-order valence-corrected chi connectivity index (χ1v) is 13.6. The quantitative estimate of drug-likeness (QED) is 0.399. The van der Waals surface area contributed by atoms with Gasteiger partial charge < -0.3 is 0 Å². The van der Waals surface area contributed by atoms with E-state index in [4.69, 9.17) is 0 Å². The third-order valence-corrected chi connectivity index (χ3v) is 8.63. The summed E-state index contributed by atoms with van der Waals surface area (Å²) in [5.74, 6) is 1.46. The van der Waals surface area contributed by atoms with Gasteiger partial charge in [-0.3, -0.25) is 0 Å². The Balaban J connectivity index is 1.95. The van der Waals surface area contributed by atoms with Crippen LogP contribution in [0.3, 0.4) is 0 Å². The van der Waals surface area contributed by atoms with E-state index in [2.05, 4.69) is 11.4 Å². The zero-order valence-electron chi connectivity index (χ0n) is 17.6. The lowest BCUT2D eigenvalue weighted by molar-refractivity contribution is 0.564. The summed E-state index contributed by atoms with van der Waals surface area (Å²) in [6.45, 7) is 0. The normalized spacial score (nSPS) is 29.7. The monoisotopic (exact) mass is 378 g/mol. The molecule has 0 aromatic rings. The minimum Gasteiger partial charge on any atom is -0.163 e. The predicted molar refractivity (Wildman–Crippen MR) is 124 cm³/mol. The second kappa shape index (κ2) is 16.0. The lowest BCUT2D eigenvalue weighted by Gasteiger charge is -2.15. The summed E-state index contributed by atoms with van der Waals surface area (Å²) in [5, 5.41) is 2.77. The summed E-state index contributed by atoms with van der Waals surface area (Å²) in [6.07, 6.45) is 33.3. The minimum absolute atomic E-state index is 0.492. The van der Waals surface area contributed by atoms with Crippen LogP contribution in [0.1, 0.15) is 135 Å². The molecule has 1 aliphatic heterocycles. The van der Waals surface area contributed by atoms with Crippen LogP contribution in [0.4, 0.5) is 0 Å². The Kier molecular flexibility index (Phi) is 13.7. The molecule has 1 heteroatoms. The van der Waals surface area contributed by atoms with Crippen LogP contribution in [-0.4, -0.2) is 11.1 Å². The topological polar surface area (TPSA) is 0 Å². The number of rotatable bonds is 1. The summed E-state index contributed by atoms with van der Waals surface area (Å²) < 4.78 is 0. The highest BCUT2D eigenvalue weighted by atomic mass is 32.2. The molecule has 2 rings (SSSR count). The van der Waals surface area contributed by atoms with Gasteiger partial charge in [0.15, 0.2) is 0 Å².